The highest BCUT2D eigenvalue weighted by molar-refractivity contribution is 5.27. The molecular formula is C10H18N4O. The fourth-order valence-electron chi connectivity index (χ4n) is 1.70. The number of hydrogen-bond donors (Lipinski definition) is 1. The second kappa shape index (κ2) is 4.63. The van der Waals surface area contributed by atoms with Gasteiger partial charge in [-0.15, -0.1) is 0 Å². The van der Waals surface area contributed by atoms with Crippen LogP contribution in [0.2, 0.25) is 0 Å². The van der Waals surface area contributed by atoms with Gasteiger partial charge in [0, 0.05) is 32.7 Å². The van der Waals surface area contributed by atoms with Crippen LogP contribution in [0.5, 0.6) is 0 Å². The van der Waals surface area contributed by atoms with Gasteiger partial charge >= 0.3 is 0 Å². The molecule has 0 atom stereocenters. The molecule has 2 heterocycles. The maximum atomic E-state index is 5.45. The standard InChI is InChI=1S/C10H18N4O/c1-11-7-9-8-15-10(12-9)14-5-3-13(2)4-6-14/h8,11H,3-7H2,1-2H3. The van der Waals surface area contributed by atoms with Gasteiger partial charge in [-0.25, -0.2) is 0 Å². The Kier molecular flexibility index (Phi) is 3.23. The molecule has 1 N–H and O–H groups in total. The van der Waals surface area contributed by atoms with Crippen LogP contribution in [0.25, 0.3) is 0 Å². The summed E-state index contributed by atoms with van der Waals surface area (Å²) in [5, 5.41) is 3.06. The fourth-order valence-corrected chi connectivity index (χ4v) is 1.70. The van der Waals surface area contributed by atoms with Gasteiger partial charge in [0.25, 0.3) is 6.01 Å². The molecule has 0 bridgehead atoms. The lowest BCUT2D eigenvalue weighted by Gasteiger charge is -2.31. The summed E-state index contributed by atoms with van der Waals surface area (Å²) in [5.41, 5.74) is 0.964. The van der Waals surface area contributed by atoms with E-state index in [1.165, 1.54) is 0 Å². The summed E-state index contributed by atoms with van der Waals surface area (Å²) in [5.74, 6) is 0. The Balaban J connectivity index is 1.96. The maximum Gasteiger partial charge on any atom is 0.297 e. The van der Waals surface area contributed by atoms with Crippen LogP contribution in [0.3, 0.4) is 0 Å². The highest BCUT2D eigenvalue weighted by Crippen LogP contribution is 2.15. The van der Waals surface area contributed by atoms with Crippen molar-refractivity contribution in [1.29, 1.82) is 0 Å². The van der Waals surface area contributed by atoms with E-state index in [9.17, 15) is 0 Å². The van der Waals surface area contributed by atoms with Gasteiger partial charge in [-0.05, 0) is 14.1 Å². The summed E-state index contributed by atoms with van der Waals surface area (Å²) in [6.07, 6.45) is 1.73. The van der Waals surface area contributed by atoms with Gasteiger partial charge in [-0.2, -0.15) is 4.98 Å². The first-order valence-corrected chi connectivity index (χ1v) is 5.32. The van der Waals surface area contributed by atoms with Crippen LogP contribution in [0.15, 0.2) is 10.7 Å². The summed E-state index contributed by atoms with van der Waals surface area (Å²) < 4.78 is 5.45. The topological polar surface area (TPSA) is 44.5 Å². The van der Waals surface area contributed by atoms with Gasteiger partial charge in [0.2, 0.25) is 0 Å². The van der Waals surface area contributed by atoms with E-state index in [1.54, 1.807) is 6.26 Å². The number of hydrogen-bond acceptors (Lipinski definition) is 5. The third-order valence-corrected chi connectivity index (χ3v) is 2.67. The van der Waals surface area contributed by atoms with Crippen LogP contribution in [0.4, 0.5) is 6.01 Å². The molecule has 15 heavy (non-hydrogen) atoms. The quantitative estimate of drug-likeness (QED) is 0.769. The van der Waals surface area contributed by atoms with Crippen molar-refractivity contribution >= 4 is 6.01 Å². The molecule has 5 heteroatoms. The summed E-state index contributed by atoms with van der Waals surface area (Å²) in [6, 6.07) is 0.758. The van der Waals surface area contributed by atoms with E-state index in [0.29, 0.717) is 0 Å². The van der Waals surface area contributed by atoms with Crippen molar-refractivity contribution < 1.29 is 4.42 Å². The number of aromatic nitrogens is 1. The SMILES string of the molecule is CNCc1coc(N2CCN(C)CC2)n1. The Labute approximate surface area is 90.1 Å². The first kappa shape index (κ1) is 10.4. The minimum atomic E-state index is 0.758. The van der Waals surface area contributed by atoms with Crippen molar-refractivity contribution in [2.45, 2.75) is 6.54 Å². The van der Waals surface area contributed by atoms with Crippen LogP contribution in [-0.2, 0) is 6.54 Å². The van der Waals surface area contributed by atoms with E-state index in [2.05, 4.69) is 27.1 Å². The van der Waals surface area contributed by atoms with Crippen molar-refractivity contribution in [1.82, 2.24) is 15.2 Å². The van der Waals surface area contributed by atoms with E-state index in [0.717, 1.165) is 44.4 Å². The first-order chi connectivity index (χ1) is 7.29. The van der Waals surface area contributed by atoms with E-state index in [1.807, 2.05) is 7.05 Å². The normalized spacial score (nSPS) is 18.4. The van der Waals surface area contributed by atoms with Gasteiger partial charge in [0.05, 0.1) is 5.69 Å². The lowest BCUT2D eigenvalue weighted by Crippen LogP contribution is -2.44. The van der Waals surface area contributed by atoms with Crippen molar-refractivity contribution in [3.05, 3.63) is 12.0 Å². The second-order valence-corrected chi connectivity index (χ2v) is 3.94. The number of nitrogens with zero attached hydrogens (tertiary/aromatic N) is 3. The zero-order valence-electron chi connectivity index (χ0n) is 9.36. The Morgan fingerprint density at radius 1 is 1.40 bits per heavy atom. The zero-order chi connectivity index (χ0) is 10.7. The molecule has 1 aliphatic heterocycles. The van der Waals surface area contributed by atoms with Gasteiger partial charge in [0.1, 0.15) is 6.26 Å². The second-order valence-electron chi connectivity index (χ2n) is 3.94. The largest absolute Gasteiger partial charge is 0.432 e. The van der Waals surface area contributed by atoms with E-state index >= 15 is 0 Å². The third-order valence-electron chi connectivity index (χ3n) is 2.67. The Hall–Kier alpha value is -1.07. The molecule has 5 nitrogen and oxygen atoms in total. The predicted molar refractivity (Wildman–Crippen MR) is 59.0 cm³/mol. The predicted octanol–water partition coefficient (Wildman–Crippen LogP) is 0.146. The summed E-state index contributed by atoms with van der Waals surface area (Å²) in [4.78, 5) is 8.93. The highest BCUT2D eigenvalue weighted by atomic mass is 16.4. The molecule has 0 saturated carbocycles. The van der Waals surface area contributed by atoms with Gasteiger partial charge in [0.15, 0.2) is 0 Å². The summed E-state index contributed by atoms with van der Waals surface area (Å²) in [7, 11) is 4.05. The molecule has 0 aromatic carbocycles. The number of likely N-dealkylation sites (N-methyl/N-ethyl adjacent to an activating group) is 1. The molecule has 1 fully saturated rings. The van der Waals surface area contributed by atoms with Crippen LogP contribution >= 0.6 is 0 Å². The number of rotatable bonds is 3. The average molecular weight is 210 g/mol. The molecule has 1 aromatic rings. The Morgan fingerprint density at radius 2 is 2.13 bits per heavy atom. The number of anilines is 1. The molecule has 0 spiro atoms. The van der Waals surface area contributed by atoms with Gasteiger partial charge < -0.3 is 19.5 Å². The Morgan fingerprint density at radius 3 is 2.80 bits per heavy atom. The molecule has 0 amide bonds. The Bertz CT molecular complexity index is 304. The van der Waals surface area contributed by atoms with Crippen molar-refractivity contribution in [3.8, 4) is 0 Å². The first-order valence-electron chi connectivity index (χ1n) is 5.32. The summed E-state index contributed by atoms with van der Waals surface area (Å²) in [6.45, 7) is 4.90. The van der Waals surface area contributed by atoms with E-state index in [4.69, 9.17) is 4.42 Å². The molecule has 1 aliphatic rings. The van der Waals surface area contributed by atoms with Gasteiger partial charge in [-0.3, -0.25) is 0 Å². The molecular weight excluding hydrogens is 192 g/mol. The van der Waals surface area contributed by atoms with Crippen LogP contribution < -0.4 is 10.2 Å². The molecule has 2 rings (SSSR count). The maximum absolute atomic E-state index is 5.45. The zero-order valence-corrected chi connectivity index (χ0v) is 9.36. The third kappa shape index (κ3) is 2.49. The minimum Gasteiger partial charge on any atom is -0.432 e. The lowest BCUT2D eigenvalue weighted by atomic mass is 10.3. The van der Waals surface area contributed by atoms with E-state index < -0.39 is 0 Å². The lowest BCUT2D eigenvalue weighted by molar-refractivity contribution is 0.305. The number of piperazine rings is 1. The molecule has 0 aliphatic carbocycles. The molecule has 1 saturated heterocycles. The van der Waals surface area contributed by atoms with E-state index in [-0.39, 0.29) is 0 Å². The fraction of sp³-hybridized carbons (Fsp3) is 0.700. The summed E-state index contributed by atoms with van der Waals surface area (Å²) >= 11 is 0. The van der Waals surface area contributed by atoms with Crippen molar-refractivity contribution in [2.24, 2.45) is 0 Å². The molecule has 0 unspecified atom stereocenters. The number of nitrogens with one attached hydrogen (secondary N) is 1. The average Bonchev–Trinajstić information content (AvgIpc) is 2.68. The van der Waals surface area contributed by atoms with Crippen LogP contribution in [0.1, 0.15) is 5.69 Å². The van der Waals surface area contributed by atoms with Crippen LogP contribution in [0, 0.1) is 0 Å². The monoisotopic (exact) mass is 210 g/mol. The molecule has 0 radical (unpaired) electrons. The molecule has 84 valence electrons. The van der Waals surface area contributed by atoms with Crippen LogP contribution in [-0.4, -0.2) is 50.2 Å². The smallest absolute Gasteiger partial charge is 0.297 e. The van der Waals surface area contributed by atoms with Crippen molar-refractivity contribution in [3.63, 3.8) is 0 Å². The number of oxazole rings is 1. The van der Waals surface area contributed by atoms with Crippen molar-refractivity contribution in [2.75, 3.05) is 45.2 Å². The molecule has 1 aromatic heterocycles. The minimum absolute atomic E-state index is 0.758. The highest BCUT2D eigenvalue weighted by Gasteiger charge is 2.18. The van der Waals surface area contributed by atoms with Gasteiger partial charge in [-0.1, -0.05) is 0 Å².